The predicted octanol–water partition coefficient (Wildman–Crippen LogP) is 1.52. The highest BCUT2D eigenvalue weighted by Crippen LogP contribution is 2.27. The van der Waals surface area contributed by atoms with Crippen molar-refractivity contribution in [2.45, 2.75) is 39.3 Å². The van der Waals surface area contributed by atoms with Gasteiger partial charge in [0.15, 0.2) is 0 Å². The predicted molar refractivity (Wildman–Crippen MR) is 55.7 cm³/mol. The van der Waals surface area contributed by atoms with Gasteiger partial charge in [-0.25, -0.2) is 0 Å². The topological polar surface area (TPSA) is 67.2 Å². The van der Waals surface area contributed by atoms with E-state index in [9.17, 15) is 4.79 Å². The summed E-state index contributed by atoms with van der Waals surface area (Å²) in [5.74, 6) is 0.366. The Kier molecular flexibility index (Phi) is 2.17. The molecule has 0 saturated carbocycles. The van der Waals surface area contributed by atoms with Crippen LogP contribution in [0.25, 0.3) is 0 Å². The van der Waals surface area contributed by atoms with Crippen LogP contribution in [-0.2, 0) is 6.42 Å². The number of fused-ring (bicyclic) bond motifs is 1. The molecule has 2 N–H and O–H groups in total. The van der Waals surface area contributed by atoms with Crippen molar-refractivity contribution in [3.05, 3.63) is 11.3 Å². The van der Waals surface area contributed by atoms with Gasteiger partial charge in [0.25, 0.3) is 5.91 Å². The molecule has 0 spiro atoms. The maximum Gasteiger partial charge on any atom is 0.260 e. The molecule has 0 aliphatic carbocycles. The number of hydrogen-bond acceptors (Lipinski definition) is 4. The van der Waals surface area contributed by atoms with E-state index < -0.39 is 5.66 Å². The zero-order valence-electron chi connectivity index (χ0n) is 9.18. The maximum atomic E-state index is 11.8. The Hall–Kier alpha value is -1.52. The van der Waals surface area contributed by atoms with E-state index >= 15 is 0 Å². The molecule has 1 aromatic rings. The van der Waals surface area contributed by atoms with Gasteiger partial charge < -0.3 is 15.2 Å². The molecule has 1 amide bonds. The number of aryl methyl sites for hydroxylation is 1. The Labute approximate surface area is 88.2 Å². The normalized spacial score (nSPS) is 17.9. The third-order valence-corrected chi connectivity index (χ3v) is 2.33. The second kappa shape index (κ2) is 3.25. The van der Waals surface area contributed by atoms with Crippen molar-refractivity contribution in [1.29, 1.82) is 0 Å². The Morgan fingerprint density at radius 2 is 2.13 bits per heavy atom. The average molecular weight is 209 g/mol. The molecule has 0 atom stereocenters. The first kappa shape index (κ1) is 10.0. The second-order valence-corrected chi connectivity index (χ2v) is 4.29. The molecule has 0 aromatic carbocycles. The van der Waals surface area contributed by atoms with E-state index in [0.29, 0.717) is 11.4 Å². The lowest BCUT2D eigenvalue weighted by molar-refractivity contribution is 0.0911. The summed E-state index contributed by atoms with van der Waals surface area (Å²) in [7, 11) is 0. The fourth-order valence-corrected chi connectivity index (χ4v) is 1.71. The number of nitrogens with one attached hydrogen (secondary N) is 2. The molecule has 0 fully saturated rings. The van der Waals surface area contributed by atoms with E-state index in [0.717, 1.165) is 18.5 Å². The van der Waals surface area contributed by atoms with E-state index in [4.69, 9.17) is 4.52 Å². The van der Waals surface area contributed by atoms with Gasteiger partial charge in [-0.2, -0.15) is 0 Å². The molecule has 1 aliphatic rings. The molecule has 1 aliphatic heterocycles. The van der Waals surface area contributed by atoms with Crippen LogP contribution in [0.4, 0.5) is 5.88 Å². The first-order chi connectivity index (χ1) is 7.03. The second-order valence-electron chi connectivity index (χ2n) is 4.29. The van der Waals surface area contributed by atoms with E-state index in [1.165, 1.54) is 0 Å². The smallest absolute Gasteiger partial charge is 0.260 e. The Morgan fingerprint density at radius 1 is 1.40 bits per heavy atom. The summed E-state index contributed by atoms with van der Waals surface area (Å²) in [5, 5.41) is 9.84. The van der Waals surface area contributed by atoms with E-state index in [2.05, 4.69) is 15.8 Å². The minimum absolute atomic E-state index is 0.113. The minimum Gasteiger partial charge on any atom is -0.338 e. The molecule has 0 radical (unpaired) electrons. The molecule has 2 rings (SSSR count). The number of nitrogens with zero attached hydrogens (tertiary/aromatic N) is 1. The van der Waals surface area contributed by atoms with Crippen LogP contribution in [0.2, 0.25) is 0 Å². The van der Waals surface area contributed by atoms with Crippen molar-refractivity contribution in [1.82, 2.24) is 10.5 Å². The number of hydrogen-bond donors (Lipinski definition) is 2. The van der Waals surface area contributed by atoms with Crippen molar-refractivity contribution >= 4 is 11.8 Å². The lowest BCUT2D eigenvalue weighted by atomic mass is 10.1. The Bertz CT molecular complexity index is 395. The summed E-state index contributed by atoms with van der Waals surface area (Å²) >= 11 is 0. The van der Waals surface area contributed by atoms with Crippen molar-refractivity contribution in [2.75, 3.05) is 5.32 Å². The number of anilines is 1. The molecule has 2 heterocycles. The van der Waals surface area contributed by atoms with Crippen LogP contribution < -0.4 is 10.6 Å². The summed E-state index contributed by atoms with van der Waals surface area (Å²) in [6.45, 7) is 5.78. The minimum atomic E-state index is -0.479. The van der Waals surface area contributed by atoms with Gasteiger partial charge >= 0.3 is 0 Å². The van der Waals surface area contributed by atoms with Crippen molar-refractivity contribution in [2.24, 2.45) is 0 Å². The van der Waals surface area contributed by atoms with Gasteiger partial charge in [-0.05, 0) is 20.3 Å². The van der Waals surface area contributed by atoms with Gasteiger partial charge in [0.05, 0.1) is 5.69 Å². The van der Waals surface area contributed by atoms with E-state index in [1.54, 1.807) is 0 Å². The van der Waals surface area contributed by atoms with Crippen LogP contribution >= 0.6 is 0 Å². The highest BCUT2D eigenvalue weighted by atomic mass is 16.5. The van der Waals surface area contributed by atoms with E-state index in [1.807, 2.05) is 20.8 Å². The number of carbonyl (C=O) groups is 1. The quantitative estimate of drug-likeness (QED) is 0.775. The van der Waals surface area contributed by atoms with Gasteiger partial charge in [-0.3, -0.25) is 4.79 Å². The molecular weight excluding hydrogens is 194 g/mol. The lowest BCUT2D eigenvalue weighted by Crippen LogP contribution is -2.53. The first-order valence-corrected chi connectivity index (χ1v) is 5.13. The largest absolute Gasteiger partial charge is 0.338 e. The zero-order chi connectivity index (χ0) is 11.1. The van der Waals surface area contributed by atoms with Crippen LogP contribution in [0.3, 0.4) is 0 Å². The van der Waals surface area contributed by atoms with E-state index in [-0.39, 0.29) is 5.91 Å². The van der Waals surface area contributed by atoms with Crippen LogP contribution in [0.5, 0.6) is 0 Å². The zero-order valence-corrected chi connectivity index (χ0v) is 9.18. The lowest BCUT2D eigenvalue weighted by Gasteiger charge is -2.31. The monoisotopic (exact) mass is 209 g/mol. The third-order valence-electron chi connectivity index (χ3n) is 2.33. The summed E-state index contributed by atoms with van der Waals surface area (Å²) in [6.07, 6.45) is 1.70. The van der Waals surface area contributed by atoms with Crippen LogP contribution in [0.15, 0.2) is 4.52 Å². The molecule has 0 unspecified atom stereocenters. The third kappa shape index (κ3) is 1.69. The molecule has 15 heavy (non-hydrogen) atoms. The SMILES string of the molecule is CCCc1noc2c1C(=O)NC(C)(C)N2. The highest BCUT2D eigenvalue weighted by molar-refractivity contribution is 6.01. The molecule has 1 aromatic heterocycles. The standard InChI is InChI=1S/C10H15N3O2/c1-4-5-6-7-8(14)11-10(2,3)12-9(7)15-13-6/h12H,4-5H2,1-3H3,(H,11,14). The number of amides is 1. The molecule has 0 saturated heterocycles. The van der Waals surface area contributed by atoms with Crippen molar-refractivity contribution in [3.8, 4) is 0 Å². The summed E-state index contributed by atoms with van der Waals surface area (Å²) in [5.41, 5.74) is 0.803. The number of aromatic nitrogens is 1. The Balaban J connectivity index is 2.39. The van der Waals surface area contributed by atoms with Crippen LogP contribution in [-0.4, -0.2) is 16.7 Å². The van der Waals surface area contributed by atoms with Gasteiger partial charge in [0, 0.05) is 0 Å². The highest BCUT2D eigenvalue weighted by Gasteiger charge is 2.34. The Morgan fingerprint density at radius 3 is 2.80 bits per heavy atom. The fourth-order valence-electron chi connectivity index (χ4n) is 1.71. The van der Waals surface area contributed by atoms with Crippen molar-refractivity contribution in [3.63, 3.8) is 0 Å². The van der Waals surface area contributed by atoms with Gasteiger partial charge in [-0.15, -0.1) is 0 Å². The van der Waals surface area contributed by atoms with Gasteiger partial charge in [0.2, 0.25) is 5.88 Å². The summed E-state index contributed by atoms with van der Waals surface area (Å²) in [4.78, 5) is 11.8. The van der Waals surface area contributed by atoms with Gasteiger partial charge in [0.1, 0.15) is 11.2 Å². The van der Waals surface area contributed by atoms with Crippen molar-refractivity contribution < 1.29 is 9.32 Å². The maximum absolute atomic E-state index is 11.8. The number of rotatable bonds is 2. The number of carbonyl (C=O) groups excluding carboxylic acids is 1. The van der Waals surface area contributed by atoms with Gasteiger partial charge in [-0.1, -0.05) is 18.5 Å². The summed E-state index contributed by atoms with van der Waals surface area (Å²) in [6, 6.07) is 0. The molecule has 0 bridgehead atoms. The molecule has 5 nitrogen and oxygen atoms in total. The van der Waals surface area contributed by atoms with Crippen LogP contribution in [0.1, 0.15) is 43.2 Å². The average Bonchev–Trinajstić information content (AvgIpc) is 2.46. The molecule has 82 valence electrons. The van der Waals surface area contributed by atoms with Crippen LogP contribution in [0, 0.1) is 0 Å². The first-order valence-electron chi connectivity index (χ1n) is 5.13. The molecule has 5 heteroatoms. The fraction of sp³-hybridized carbons (Fsp3) is 0.600. The molecular formula is C10H15N3O2. The summed E-state index contributed by atoms with van der Waals surface area (Å²) < 4.78 is 5.12.